The van der Waals surface area contributed by atoms with Crippen LogP contribution in [0.25, 0.3) is 5.57 Å². The van der Waals surface area contributed by atoms with Crippen molar-refractivity contribution in [2.24, 2.45) is 0 Å². The second kappa shape index (κ2) is 7.73. The van der Waals surface area contributed by atoms with Crippen molar-refractivity contribution in [3.05, 3.63) is 113 Å². The molecule has 0 aromatic heterocycles. The Bertz CT molecular complexity index is 914. The standard InChI is InChI=1S/C22H15ClO2/c23-20(22(25)18-14-8-3-9-15-18)19(16-10-4-1-5-11-16)21(24)17-12-6-2-7-13-17/h1-15H/b20-19-. The Balaban J connectivity index is 2.14. The monoisotopic (exact) mass is 346 g/mol. The van der Waals surface area contributed by atoms with E-state index in [4.69, 9.17) is 11.6 Å². The van der Waals surface area contributed by atoms with Gasteiger partial charge in [-0.25, -0.2) is 0 Å². The van der Waals surface area contributed by atoms with Crippen LogP contribution >= 0.6 is 11.6 Å². The maximum Gasteiger partial charge on any atom is 0.205 e. The van der Waals surface area contributed by atoms with Crippen LogP contribution in [-0.2, 0) is 0 Å². The van der Waals surface area contributed by atoms with E-state index in [0.29, 0.717) is 16.7 Å². The molecule has 0 atom stereocenters. The van der Waals surface area contributed by atoms with Crippen LogP contribution in [0.5, 0.6) is 0 Å². The van der Waals surface area contributed by atoms with E-state index < -0.39 is 0 Å². The number of carbonyl (C=O) groups is 2. The SMILES string of the molecule is O=C(/C(Cl)=C(/C(=O)c1ccccc1)c1ccccc1)c1ccccc1. The Morgan fingerprint density at radius 3 is 1.32 bits per heavy atom. The van der Waals surface area contributed by atoms with Crippen molar-refractivity contribution in [2.75, 3.05) is 0 Å². The molecule has 0 saturated carbocycles. The predicted octanol–water partition coefficient (Wildman–Crippen LogP) is 5.40. The predicted molar refractivity (Wildman–Crippen MR) is 101 cm³/mol. The topological polar surface area (TPSA) is 34.1 Å². The highest BCUT2D eigenvalue weighted by Gasteiger charge is 2.23. The Morgan fingerprint density at radius 2 is 0.880 bits per heavy atom. The number of allylic oxidation sites excluding steroid dienone is 2. The smallest absolute Gasteiger partial charge is 0.205 e. The largest absolute Gasteiger partial charge is 0.289 e. The van der Waals surface area contributed by atoms with E-state index in [2.05, 4.69) is 0 Å². The van der Waals surface area contributed by atoms with E-state index in [-0.39, 0.29) is 22.2 Å². The van der Waals surface area contributed by atoms with Gasteiger partial charge in [0.15, 0.2) is 5.78 Å². The molecule has 0 aliphatic heterocycles. The number of rotatable bonds is 5. The van der Waals surface area contributed by atoms with Gasteiger partial charge in [-0.05, 0) is 5.56 Å². The van der Waals surface area contributed by atoms with Gasteiger partial charge in [-0.15, -0.1) is 0 Å². The minimum absolute atomic E-state index is 0.0775. The van der Waals surface area contributed by atoms with E-state index >= 15 is 0 Å². The average molecular weight is 347 g/mol. The van der Waals surface area contributed by atoms with Crippen molar-refractivity contribution >= 4 is 28.7 Å². The molecule has 0 radical (unpaired) electrons. The van der Waals surface area contributed by atoms with Crippen molar-refractivity contribution in [1.29, 1.82) is 0 Å². The van der Waals surface area contributed by atoms with E-state index in [1.807, 2.05) is 30.3 Å². The Hall–Kier alpha value is -2.97. The third-order valence-corrected chi connectivity index (χ3v) is 4.14. The maximum absolute atomic E-state index is 13.0. The van der Waals surface area contributed by atoms with Crippen molar-refractivity contribution in [3.63, 3.8) is 0 Å². The zero-order chi connectivity index (χ0) is 17.6. The molecule has 0 fully saturated rings. The van der Waals surface area contributed by atoms with Crippen molar-refractivity contribution in [3.8, 4) is 0 Å². The highest BCUT2D eigenvalue weighted by atomic mass is 35.5. The van der Waals surface area contributed by atoms with E-state index in [9.17, 15) is 9.59 Å². The number of benzene rings is 3. The first-order valence-corrected chi connectivity index (χ1v) is 8.21. The van der Waals surface area contributed by atoms with Crippen LogP contribution in [0.3, 0.4) is 0 Å². The Kier molecular flexibility index (Phi) is 5.22. The summed E-state index contributed by atoms with van der Waals surface area (Å²) in [4.78, 5) is 25.8. The molecule has 3 aromatic rings. The summed E-state index contributed by atoms with van der Waals surface area (Å²) in [5, 5.41) is -0.0775. The first-order valence-electron chi connectivity index (χ1n) is 7.83. The molecule has 0 aliphatic carbocycles. The highest BCUT2D eigenvalue weighted by molar-refractivity contribution is 6.53. The van der Waals surface area contributed by atoms with Gasteiger partial charge in [-0.3, -0.25) is 9.59 Å². The quantitative estimate of drug-likeness (QED) is 0.457. The molecular formula is C22H15ClO2. The van der Waals surface area contributed by atoms with Crippen LogP contribution in [0.1, 0.15) is 26.3 Å². The molecule has 0 unspecified atom stereocenters. The number of hydrogen-bond donors (Lipinski definition) is 0. The lowest BCUT2D eigenvalue weighted by molar-refractivity contribution is 0.102. The van der Waals surface area contributed by atoms with Gasteiger partial charge in [-0.1, -0.05) is 103 Å². The zero-order valence-electron chi connectivity index (χ0n) is 13.4. The van der Waals surface area contributed by atoms with Crippen LogP contribution in [0.4, 0.5) is 0 Å². The molecule has 0 heterocycles. The third-order valence-electron chi connectivity index (χ3n) is 3.78. The van der Waals surface area contributed by atoms with Crippen LogP contribution in [0.15, 0.2) is 96.0 Å². The van der Waals surface area contributed by atoms with Gasteiger partial charge in [0.1, 0.15) is 5.03 Å². The fraction of sp³-hybridized carbons (Fsp3) is 0. The number of halogens is 1. The second-order valence-corrected chi connectivity index (χ2v) is 5.82. The van der Waals surface area contributed by atoms with Gasteiger partial charge < -0.3 is 0 Å². The molecule has 0 amide bonds. The first kappa shape index (κ1) is 16.9. The normalized spacial score (nSPS) is 11.6. The first-order chi connectivity index (χ1) is 12.2. The van der Waals surface area contributed by atoms with Crippen LogP contribution < -0.4 is 0 Å². The molecule has 0 bridgehead atoms. The summed E-state index contributed by atoms with van der Waals surface area (Å²) in [7, 11) is 0. The molecule has 25 heavy (non-hydrogen) atoms. The van der Waals surface area contributed by atoms with Crippen LogP contribution in [0, 0.1) is 0 Å². The molecule has 0 N–H and O–H groups in total. The zero-order valence-corrected chi connectivity index (χ0v) is 14.1. The molecule has 3 aromatic carbocycles. The van der Waals surface area contributed by atoms with Gasteiger partial charge in [0, 0.05) is 11.1 Å². The van der Waals surface area contributed by atoms with Gasteiger partial charge in [0.25, 0.3) is 0 Å². The van der Waals surface area contributed by atoms with Gasteiger partial charge in [-0.2, -0.15) is 0 Å². The number of hydrogen-bond acceptors (Lipinski definition) is 2. The molecule has 0 saturated heterocycles. The minimum atomic E-state index is -0.370. The Labute approximate surface area is 151 Å². The van der Waals surface area contributed by atoms with Crippen molar-refractivity contribution < 1.29 is 9.59 Å². The lowest BCUT2D eigenvalue weighted by atomic mass is 9.94. The van der Waals surface area contributed by atoms with E-state index in [1.165, 1.54) is 0 Å². The second-order valence-electron chi connectivity index (χ2n) is 5.45. The summed E-state index contributed by atoms with van der Waals surface area (Å²) in [6.45, 7) is 0. The third kappa shape index (κ3) is 3.76. The lowest BCUT2D eigenvalue weighted by Crippen LogP contribution is -2.09. The van der Waals surface area contributed by atoms with E-state index in [1.54, 1.807) is 60.7 Å². The molecule has 122 valence electrons. The fourth-order valence-corrected chi connectivity index (χ4v) is 2.83. The summed E-state index contributed by atoms with van der Waals surface area (Å²) in [5.74, 6) is -0.647. The van der Waals surface area contributed by atoms with E-state index in [0.717, 1.165) is 0 Å². The van der Waals surface area contributed by atoms with Gasteiger partial charge in [0.2, 0.25) is 5.78 Å². The molecule has 3 rings (SSSR count). The lowest BCUT2D eigenvalue weighted by Gasteiger charge is -2.10. The molecule has 0 spiro atoms. The summed E-state index contributed by atoms with van der Waals surface area (Å²) < 4.78 is 0. The van der Waals surface area contributed by atoms with Crippen molar-refractivity contribution in [2.45, 2.75) is 0 Å². The van der Waals surface area contributed by atoms with Crippen LogP contribution in [-0.4, -0.2) is 11.6 Å². The van der Waals surface area contributed by atoms with Crippen molar-refractivity contribution in [1.82, 2.24) is 0 Å². The average Bonchev–Trinajstić information content (AvgIpc) is 2.69. The highest BCUT2D eigenvalue weighted by Crippen LogP contribution is 2.28. The molecule has 0 aliphatic rings. The summed E-state index contributed by atoms with van der Waals surface area (Å²) in [6.07, 6.45) is 0. The fourth-order valence-electron chi connectivity index (χ4n) is 2.53. The number of ketones is 2. The summed E-state index contributed by atoms with van der Waals surface area (Å²) >= 11 is 6.42. The minimum Gasteiger partial charge on any atom is -0.289 e. The number of Topliss-reactive ketones (excluding diaryl/α,β-unsaturated/α-hetero) is 2. The number of carbonyl (C=O) groups excluding carboxylic acids is 2. The Morgan fingerprint density at radius 1 is 0.520 bits per heavy atom. The van der Waals surface area contributed by atoms with Crippen LogP contribution in [0.2, 0.25) is 0 Å². The molecular weight excluding hydrogens is 332 g/mol. The molecule has 2 nitrogen and oxygen atoms in total. The summed E-state index contributed by atoms with van der Waals surface area (Å²) in [5.41, 5.74) is 1.76. The molecule has 3 heteroatoms. The van der Waals surface area contributed by atoms with Gasteiger partial charge in [0.05, 0.1) is 5.57 Å². The van der Waals surface area contributed by atoms with Gasteiger partial charge >= 0.3 is 0 Å². The summed E-state index contributed by atoms with van der Waals surface area (Å²) in [6, 6.07) is 26.5. The maximum atomic E-state index is 13.0.